The van der Waals surface area contributed by atoms with E-state index in [4.69, 9.17) is 9.47 Å². The first-order valence-corrected chi connectivity index (χ1v) is 17.7. The first kappa shape index (κ1) is 37.5. The average molecular weight is 574 g/mol. The molecule has 41 heavy (non-hydrogen) atoms. The van der Waals surface area contributed by atoms with Crippen molar-refractivity contribution in [1.82, 2.24) is 4.90 Å². The fourth-order valence-electron chi connectivity index (χ4n) is 5.41. The van der Waals surface area contributed by atoms with Crippen molar-refractivity contribution in [3.8, 4) is 11.5 Å². The SMILES string of the molecule is CCCCCCCCCCCCCCCc1cc(OCCCCCCCCCC)cc(OC(=O)CCCN(C)C)c1. The van der Waals surface area contributed by atoms with Gasteiger partial charge in [0.25, 0.3) is 0 Å². The third-order valence-electron chi connectivity index (χ3n) is 7.99. The van der Waals surface area contributed by atoms with E-state index in [0.29, 0.717) is 12.2 Å². The van der Waals surface area contributed by atoms with Gasteiger partial charge in [0.15, 0.2) is 0 Å². The molecule has 0 bridgehead atoms. The zero-order chi connectivity index (χ0) is 29.8. The molecule has 4 nitrogen and oxygen atoms in total. The fraction of sp³-hybridized carbons (Fsp3) is 0.811. The van der Waals surface area contributed by atoms with Crippen molar-refractivity contribution >= 4 is 5.97 Å². The second-order valence-corrected chi connectivity index (χ2v) is 12.5. The third kappa shape index (κ3) is 23.7. The Hall–Kier alpha value is -1.55. The van der Waals surface area contributed by atoms with Crippen LogP contribution < -0.4 is 9.47 Å². The highest BCUT2D eigenvalue weighted by molar-refractivity contribution is 5.72. The van der Waals surface area contributed by atoms with Crippen LogP contribution in [0.2, 0.25) is 0 Å². The molecule has 0 unspecified atom stereocenters. The van der Waals surface area contributed by atoms with Crippen molar-refractivity contribution in [2.75, 3.05) is 27.2 Å². The molecule has 0 aliphatic rings. The van der Waals surface area contributed by atoms with Gasteiger partial charge in [-0.2, -0.15) is 0 Å². The van der Waals surface area contributed by atoms with E-state index >= 15 is 0 Å². The van der Waals surface area contributed by atoms with E-state index in [9.17, 15) is 4.79 Å². The zero-order valence-electron chi connectivity index (χ0n) is 27.8. The van der Waals surface area contributed by atoms with Crippen molar-refractivity contribution in [2.45, 2.75) is 168 Å². The summed E-state index contributed by atoms with van der Waals surface area (Å²) in [5, 5.41) is 0. The number of hydrogen-bond donors (Lipinski definition) is 0. The first-order chi connectivity index (χ1) is 20.0. The standard InChI is InChI=1S/C37H67NO3/c1-5-7-9-11-13-15-16-17-18-19-20-22-24-27-34-31-35(40-30-25-23-21-14-12-10-8-6-2)33-36(32-34)41-37(39)28-26-29-38(3)4/h31-33H,5-30H2,1-4H3. The quantitative estimate of drug-likeness (QED) is 0.0543. The predicted molar refractivity (Wildman–Crippen MR) is 177 cm³/mol. The lowest BCUT2D eigenvalue weighted by Gasteiger charge is -2.13. The van der Waals surface area contributed by atoms with Crippen LogP contribution in [0.3, 0.4) is 0 Å². The molecule has 0 N–H and O–H groups in total. The first-order valence-electron chi connectivity index (χ1n) is 17.7. The van der Waals surface area contributed by atoms with Crippen LogP contribution in [0, 0.1) is 0 Å². The molecule has 0 atom stereocenters. The lowest BCUT2D eigenvalue weighted by Crippen LogP contribution is -2.16. The van der Waals surface area contributed by atoms with E-state index in [0.717, 1.165) is 38.2 Å². The summed E-state index contributed by atoms with van der Waals surface area (Å²) in [5.74, 6) is 1.33. The number of hydrogen-bond acceptors (Lipinski definition) is 4. The van der Waals surface area contributed by atoms with Gasteiger partial charge >= 0.3 is 5.97 Å². The van der Waals surface area contributed by atoms with Crippen LogP contribution in [0.1, 0.15) is 167 Å². The number of ether oxygens (including phenoxy) is 2. The van der Waals surface area contributed by atoms with E-state index in [2.05, 4.69) is 24.8 Å². The van der Waals surface area contributed by atoms with Gasteiger partial charge in [-0.25, -0.2) is 0 Å². The number of nitrogens with zero attached hydrogens (tertiary/aromatic N) is 1. The summed E-state index contributed by atoms with van der Waals surface area (Å²) >= 11 is 0. The average Bonchev–Trinajstić information content (AvgIpc) is 2.94. The lowest BCUT2D eigenvalue weighted by atomic mass is 10.0. The van der Waals surface area contributed by atoms with E-state index < -0.39 is 0 Å². The molecule has 0 aromatic heterocycles. The Morgan fingerprint density at radius 2 is 1.05 bits per heavy atom. The molecule has 0 radical (unpaired) electrons. The number of rotatable bonds is 29. The van der Waals surface area contributed by atoms with E-state index in [1.807, 2.05) is 26.2 Å². The smallest absolute Gasteiger partial charge is 0.311 e. The highest BCUT2D eigenvalue weighted by Crippen LogP contribution is 2.26. The molecule has 1 aromatic rings. The summed E-state index contributed by atoms with van der Waals surface area (Å²) in [6.45, 7) is 6.17. The Kier molecular flexibility index (Phi) is 24.9. The Morgan fingerprint density at radius 3 is 1.56 bits per heavy atom. The van der Waals surface area contributed by atoms with E-state index in [1.54, 1.807) is 0 Å². The Morgan fingerprint density at radius 1 is 0.585 bits per heavy atom. The minimum Gasteiger partial charge on any atom is -0.493 e. The molecule has 0 fully saturated rings. The van der Waals surface area contributed by atoms with Gasteiger partial charge in [-0.15, -0.1) is 0 Å². The molecule has 238 valence electrons. The number of benzene rings is 1. The molecule has 0 saturated heterocycles. The highest BCUT2D eigenvalue weighted by Gasteiger charge is 2.09. The van der Waals surface area contributed by atoms with Crippen molar-refractivity contribution in [1.29, 1.82) is 0 Å². The summed E-state index contributed by atoms with van der Waals surface area (Å²) in [5.41, 5.74) is 1.22. The molecule has 1 aromatic carbocycles. The van der Waals surface area contributed by atoms with Gasteiger partial charge in [0, 0.05) is 12.5 Å². The van der Waals surface area contributed by atoms with Gasteiger partial charge < -0.3 is 14.4 Å². The normalized spacial score (nSPS) is 11.3. The van der Waals surface area contributed by atoms with E-state index in [1.165, 1.54) is 134 Å². The maximum atomic E-state index is 12.4. The summed E-state index contributed by atoms with van der Waals surface area (Å²) in [7, 11) is 4.06. The van der Waals surface area contributed by atoms with Crippen LogP contribution >= 0.6 is 0 Å². The topological polar surface area (TPSA) is 38.8 Å². The maximum Gasteiger partial charge on any atom is 0.311 e. The van der Waals surface area contributed by atoms with Crippen LogP contribution in [0.15, 0.2) is 18.2 Å². The van der Waals surface area contributed by atoms with Crippen LogP contribution in [0.25, 0.3) is 0 Å². The molecular formula is C37H67NO3. The molecule has 0 aliphatic heterocycles. The van der Waals surface area contributed by atoms with Gasteiger partial charge in [-0.1, -0.05) is 136 Å². The van der Waals surface area contributed by atoms with E-state index in [-0.39, 0.29) is 5.97 Å². The van der Waals surface area contributed by atoms with Crippen molar-refractivity contribution in [2.24, 2.45) is 0 Å². The molecular weight excluding hydrogens is 506 g/mol. The number of carbonyl (C=O) groups is 1. The summed E-state index contributed by atoms with van der Waals surface area (Å²) in [4.78, 5) is 14.5. The third-order valence-corrected chi connectivity index (χ3v) is 7.99. The molecule has 0 aliphatic carbocycles. The van der Waals surface area contributed by atoms with Gasteiger partial charge in [0.05, 0.1) is 6.61 Å². The fourth-order valence-corrected chi connectivity index (χ4v) is 5.41. The zero-order valence-corrected chi connectivity index (χ0v) is 27.8. The van der Waals surface area contributed by atoms with Crippen LogP contribution in [0.4, 0.5) is 0 Å². The number of esters is 1. The van der Waals surface area contributed by atoms with Gasteiger partial charge in [0.2, 0.25) is 0 Å². The van der Waals surface area contributed by atoms with Crippen molar-refractivity contribution < 1.29 is 14.3 Å². The number of unbranched alkanes of at least 4 members (excludes halogenated alkanes) is 19. The second kappa shape index (κ2) is 27.3. The minimum atomic E-state index is -0.154. The predicted octanol–water partition coefficient (Wildman–Crippen LogP) is 11.1. The molecule has 1 rings (SSSR count). The Labute approximate surface area is 255 Å². The van der Waals surface area contributed by atoms with Crippen molar-refractivity contribution in [3.05, 3.63) is 23.8 Å². The lowest BCUT2D eigenvalue weighted by molar-refractivity contribution is -0.134. The summed E-state index contributed by atoms with van der Waals surface area (Å²) < 4.78 is 11.9. The Bertz CT molecular complexity index is 733. The molecule has 0 spiro atoms. The Balaban J connectivity index is 2.39. The summed E-state index contributed by atoms with van der Waals surface area (Å²) in [6, 6.07) is 6.12. The monoisotopic (exact) mass is 574 g/mol. The summed E-state index contributed by atoms with van der Waals surface area (Å²) in [6.07, 6.45) is 30.3. The minimum absolute atomic E-state index is 0.154. The van der Waals surface area contributed by atoms with Crippen molar-refractivity contribution in [3.63, 3.8) is 0 Å². The molecule has 4 heteroatoms. The number of aryl methyl sites for hydroxylation is 1. The van der Waals surface area contributed by atoms with Gasteiger partial charge in [-0.3, -0.25) is 4.79 Å². The highest BCUT2D eigenvalue weighted by atomic mass is 16.5. The van der Waals surface area contributed by atoms with Crippen LogP contribution in [0.5, 0.6) is 11.5 Å². The molecule has 0 amide bonds. The van der Waals surface area contributed by atoms with Gasteiger partial charge in [0.1, 0.15) is 11.5 Å². The molecule has 0 heterocycles. The van der Waals surface area contributed by atoms with Crippen LogP contribution in [-0.2, 0) is 11.2 Å². The second-order valence-electron chi connectivity index (χ2n) is 12.5. The maximum absolute atomic E-state index is 12.4. The van der Waals surface area contributed by atoms with Crippen LogP contribution in [-0.4, -0.2) is 38.1 Å². The largest absolute Gasteiger partial charge is 0.493 e. The molecule has 0 saturated carbocycles. The number of carbonyl (C=O) groups excluding carboxylic acids is 1. The van der Waals surface area contributed by atoms with Gasteiger partial charge in [-0.05, 0) is 64.0 Å².